The fraction of sp³-hybridized carbons (Fsp3) is 0.259. The maximum atomic E-state index is 13.4. The Bertz CT molecular complexity index is 964. The van der Waals surface area contributed by atoms with Crippen molar-refractivity contribution in [3.63, 3.8) is 0 Å². The van der Waals surface area contributed by atoms with E-state index in [1.807, 2.05) is 30.3 Å². The summed E-state index contributed by atoms with van der Waals surface area (Å²) in [5.41, 5.74) is 3.09. The van der Waals surface area contributed by atoms with E-state index in [0.717, 1.165) is 61.2 Å². The summed E-state index contributed by atoms with van der Waals surface area (Å²) in [5.74, 6) is -0.545. The molecular formula is C27H28ClF2NO. The van der Waals surface area contributed by atoms with Crippen LogP contribution in [-0.4, -0.2) is 24.7 Å². The van der Waals surface area contributed by atoms with Gasteiger partial charge in [-0.3, -0.25) is 0 Å². The summed E-state index contributed by atoms with van der Waals surface area (Å²) in [6, 6.07) is 22.8. The van der Waals surface area contributed by atoms with Gasteiger partial charge in [-0.1, -0.05) is 60.7 Å². The monoisotopic (exact) mass is 455 g/mol. The fourth-order valence-electron chi connectivity index (χ4n) is 4.39. The maximum absolute atomic E-state index is 13.4. The molecule has 0 bridgehead atoms. The van der Waals surface area contributed by atoms with E-state index in [9.17, 15) is 13.9 Å². The van der Waals surface area contributed by atoms with E-state index in [1.54, 1.807) is 24.3 Å². The van der Waals surface area contributed by atoms with Gasteiger partial charge in [0.1, 0.15) is 17.2 Å². The van der Waals surface area contributed by atoms with Gasteiger partial charge < -0.3 is 22.4 Å². The van der Waals surface area contributed by atoms with Crippen molar-refractivity contribution in [3.8, 4) is 0 Å². The maximum Gasteiger partial charge on any atom is 0.123 e. The topological polar surface area (TPSA) is 24.7 Å². The molecule has 2 N–H and O–H groups in total. The number of quaternary nitrogens is 1. The van der Waals surface area contributed by atoms with Crippen LogP contribution in [-0.2, 0) is 5.60 Å². The van der Waals surface area contributed by atoms with Crippen LogP contribution in [0.1, 0.15) is 36.0 Å². The third-order valence-electron chi connectivity index (χ3n) is 6.25. The minimum absolute atomic E-state index is 0. The Kier molecular flexibility index (Phi) is 8.19. The minimum atomic E-state index is -0.728. The molecule has 1 aliphatic rings. The van der Waals surface area contributed by atoms with Crippen molar-refractivity contribution in [3.05, 3.63) is 113 Å². The van der Waals surface area contributed by atoms with E-state index in [4.69, 9.17) is 0 Å². The molecule has 0 aliphatic carbocycles. The molecular weight excluding hydrogens is 428 g/mol. The molecule has 5 heteroatoms. The third-order valence-corrected chi connectivity index (χ3v) is 6.25. The Hall–Kier alpha value is -2.53. The van der Waals surface area contributed by atoms with Crippen LogP contribution in [0.4, 0.5) is 8.78 Å². The van der Waals surface area contributed by atoms with Crippen LogP contribution in [0.5, 0.6) is 0 Å². The Labute approximate surface area is 194 Å². The number of hydrogen-bond donors (Lipinski definition) is 2. The first-order valence-electron chi connectivity index (χ1n) is 10.9. The summed E-state index contributed by atoms with van der Waals surface area (Å²) in [7, 11) is 0. The summed E-state index contributed by atoms with van der Waals surface area (Å²) in [5, 5.41) is 11.0. The zero-order valence-electron chi connectivity index (χ0n) is 17.9. The van der Waals surface area contributed by atoms with Gasteiger partial charge in [0, 0.05) is 19.3 Å². The molecule has 0 radical (unpaired) electrons. The number of aliphatic hydroxyl groups is 1. The van der Waals surface area contributed by atoms with Gasteiger partial charge in [0.25, 0.3) is 0 Å². The predicted molar refractivity (Wildman–Crippen MR) is 120 cm³/mol. The highest BCUT2D eigenvalue weighted by Crippen LogP contribution is 2.29. The van der Waals surface area contributed by atoms with Crippen molar-refractivity contribution in [1.82, 2.24) is 0 Å². The smallest absolute Gasteiger partial charge is 0.123 e. The molecule has 0 aromatic heterocycles. The van der Waals surface area contributed by atoms with Gasteiger partial charge in [-0.25, -0.2) is 8.78 Å². The fourth-order valence-corrected chi connectivity index (χ4v) is 4.39. The molecule has 1 fully saturated rings. The molecule has 2 nitrogen and oxygen atoms in total. The molecule has 1 heterocycles. The van der Waals surface area contributed by atoms with Crippen LogP contribution < -0.4 is 17.3 Å². The second kappa shape index (κ2) is 10.9. The number of likely N-dealkylation sites (tertiary alicyclic amines) is 1. The van der Waals surface area contributed by atoms with Crippen LogP contribution in [0.15, 0.2) is 84.9 Å². The van der Waals surface area contributed by atoms with Crippen molar-refractivity contribution >= 4 is 5.57 Å². The molecule has 168 valence electrons. The average molecular weight is 456 g/mol. The Morgan fingerprint density at radius 3 is 1.81 bits per heavy atom. The number of hydrogen-bond acceptors (Lipinski definition) is 1. The molecule has 0 spiro atoms. The van der Waals surface area contributed by atoms with Crippen molar-refractivity contribution < 1.29 is 31.2 Å². The van der Waals surface area contributed by atoms with Crippen molar-refractivity contribution in [1.29, 1.82) is 0 Å². The number of benzene rings is 3. The lowest BCUT2D eigenvalue weighted by Crippen LogP contribution is -3.13. The zero-order valence-corrected chi connectivity index (χ0v) is 18.7. The summed E-state index contributed by atoms with van der Waals surface area (Å²) >= 11 is 0. The molecule has 1 saturated heterocycles. The van der Waals surface area contributed by atoms with E-state index in [-0.39, 0.29) is 24.0 Å². The van der Waals surface area contributed by atoms with Gasteiger partial charge in [0.2, 0.25) is 0 Å². The zero-order chi connectivity index (χ0) is 21.7. The van der Waals surface area contributed by atoms with E-state index in [1.165, 1.54) is 29.2 Å². The van der Waals surface area contributed by atoms with Gasteiger partial charge in [-0.15, -0.1) is 0 Å². The van der Waals surface area contributed by atoms with Crippen molar-refractivity contribution in [2.45, 2.75) is 24.9 Å². The highest BCUT2D eigenvalue weighted by molar-refractivity contribution is 5.79. The van der Waals surface area contributed by atoms with Crippen LogP contribution in [0, 0.1) is 11.6 Å². The molecule has 0 unspecified atom stereocenters. The van der Waals surface area contributed by atoms with Crippen LogP contribution >= 0.6 is 0 Å². The van der Waals surface area contributed by atoms with Gasteiger partial charge in [0.05, 0.1) is 19.6 Å². The largest absolute Gasteiger partial charge is 1.00 e. The molecule has 0 saturated carbocycles. The van der Waals surface area contributed by atoms with Crippen LogP contribution in [0.25, 0.3) is 5.57 Å². The average Bonchev–Trinajstić information content (AvgIpc) is 2.80. The SMILES string of the molecule is OC1(c2ccccc2)CC[NH+](CCC=C(c2ccc(F)cc2)c2ccc(F)cc2)CC1.[Cl-]. The molecule has 32 heavy (non-hydrogen) atoms. The third kappa shape index (κ3) is 5.83. The lowest BCUT2D eigenvalue weighted by Gasteiger charge is -2.36. The first-order valence-corrected chi connectivity index (χ1v) is 10.9. The van der Waals surface area contributed by atoms with E-state index in [0.29, 0.717) is 0 Å². The first-order chi connectivity index (χ1) is 15.0. The van der Waals surface area contributed by atoms with Crippen molar-refractivity contribution in [2.24, 2.45) is 0 Å². The Balaban J connectivity index is 0.00000289. The minimum Gasteiger partial charge on any atom is -1.00 e. The summed E-state index contributed by atoms with van der Waals surface area (Å²) in [6.45, 7) is 2.79. The molecule has 1 aliphatic heterocycles. The Morgan fingerprint density at radius 2 is 1.31 bits per heavy atom. The molecule has 3 aromatic carbocycles. The molecule has 0 amide bonds. The van der Waals surface area contributed by atoms with Crippen LogP contribution in [0.3, 0.4) is 0 Å². The normalized spacial score (nSPS) is 20.3. The van der Waals surface area contributed by atoms with Crippen molar-refractivity contribution in [2.75, 3.05) is 19.6 Å². The lowest BCUT2D eigenvalue weighted by molar-refractivity contribution is -0.907. The van der Waals surface area contributed by atoms with E-state index in [2.05, 4.69) is 6.08 Å². The second-order valence-corrected chi connectivity index (χ2v) is 8.32. The van der Waals surface area contributed by atoms with Gasteiger partial charge in [-0.2, -0.15) is 0 Å². The summed E-state index contributed by atoms with van der Waals surface area (Å²) in [4.78, 5) is 1.47. The highest BCUT2D eigenvalue weighted by atomic mass is 35.5. The second-order valence-electron chi connectivity index (χ2n) is 8.32. The quantitative estimate of drug-likeness (QED) is 0.576. The first kappa shape index (κ1) is 24.1. The molecule has 0 atom stereocenters. The standard InChI is InChI=1S/C27H27F2NO.ClH/c28-24-12-8-21(9-13-24)26(22-10-14-25(29)15-11-22)7-4-18-30-19-16-27(31,17-20-30)23-5-2-1-3-6-23;/h1-3,5-15,31H,4,16-20H2;1H. The van der Waals surface area contributed by atoms with E-state index < -0.39 is 5.60 Å². The lowest BCUT2D eigenvalue weighted by atomic mass is 9.84. The van der Waals surface area contributed by atoms with Gasteiger partial charge in [0.15, 0.2) is 0 Å². The number of nitrogens with one attached hydrogen (secondary N) is 1. The van der Waals surface area contributed by atoms with Crippen LogP contribution in [0.2, 0.25) is 0 Å². The summed E-state index contributed by atoms with van der Waals surface area (Å²) < 4.78 is 26.8. The Morgan fingerprint density at radius 1 is 0.812 bits per heavy atom. The highest BCUT2D eigenvalue weighted by Gasteiger charge is 2.35. The molecule has 3 aromatic rings. The predicted octanol–water partition coefficient (Wildman–Crippen LogP) is 1.36. The molecule has 4 rings (SSSR count). The number of rotatable bonds is 6. The van der Waals surface area contributed by atoms with Gasteiger partial charge >= 0.3 is 0 Å². The van der Waals surface area contributed by atoms with Gasteiger partial charge in [-0.05, 0) is 46.5 Å². The van der Waals surface area contributed by atoms with E-state index >= 15 is 0 Å². The summed E-state index contributed by atoms with van der Waals surface area (Å²) in [6.07, 6.45) is 4.51. The number of halogens is 3. The number of piperidine rings is 1.